The van der Waals surface area contributed by atoms with E-state index >= 15 is 0 Å². The molecule has 0 spiro atoms. The molecule has 1 aliphatic heterocycles. The molecule has 5 heteroatoms. The van der Waals surface area contributed by atoms with Crippen molar-refractivity contribution in [2.24, 2.45) is 0 Å². The number of carbonyl (C=O) groups is 2. The Bertz CT molecular complexity index is 1160. The van der Waals surface area contributed by atoms with Crippen LogP contribution in [0, 0.1) is 6.92 Å². The van der Waals surface area contributed by atoms with Gasteiger partial charge in [-0.15, -0.1) is 11.3 Å². The van der Waals surface area contributed by atoms with Crippen molar-refractivity contribution in [3.05, 3.63) is 86.8 Å². The van der Waals surface area contributed by atoms with Gasteiger partial charge in [-0.05, 0) is 52.6 Å². The van der Waals surface area contributed by atoms with Gasteiger partial charge in [0.15, 0.2) is 5.76 Å². The lowest BCUT2D eigenvalue weighted by molar-refractivity contribution is -0.133. The van der Waals surface area contributed by atoms with E-state index in [0.717, 1.165) is 10.4 Å². The number of thiophene rings is 1. The topological polar surface area (TPSA) is 52.6 Å². The maximum absolute atomic E-state index is 12.9. The third-order valence-electron chi connectivity index (χ3n) is 5.15. The van der Waals surface area contributed by atoms with Gasteiger partial charge >= 0.3 is 5.97 Å². The van der Waals surface area contributed by atoms with Gasteiger partial charge < -0.3 is 9.47 Å². The highest BCUT2D eigenvalue weighted by Gasteiger charge is 2.30. The predicted octanol–water partition coefficient (Wildman–Crippen LogP) is 6.12. The zero-order valence-electron chi connectivity index (χ0n) is 18.0. The van der Waals surface area contributed by atoms with Crippen molar-refractivity contribution < 1.29 is 19.1 Å². The van der Waals surface area contributed by atoms with Crippen LogP contribution in [0.4, 0.5) is 0 Å². The molecule has 0 aliphatic carbocycles. The van der Waals surface area contributed by atoms with Crippen LogP contribution in [0.2, 0.25) is 0 Å². The Morgan fingerprint density at radius 3 is 2.52 bits per heavy atom. The summed E-state index contributed by atoms with van der Waals surface area (Å²) in [7, 11) is 0. The average molecular weight is 433 g/mol. The molecule has 0 atom stereocenters. The lowest BCUT2D eigenvalue weighted by Gasteiger charge is -2.18. The fourth-order valence-electron chi connectivity index (χ4n) is 3.49. The Balaban J connectivity index is 1.53. The maximum atomic E-state index is 12.9. The predicted molar refractivity (Wildman–Crippen MR) is 123 cm³/mol. The van der Waals surface area contributed by atoms with Crippen LogP contribution < -0.4 is 9.47 Å². The van der Waals surface area contributed by atoms with E-state index in [1.54, 1.807) is 18.2 Å². The number of fused-ring (bicyclic) bond motifs is 1. The molecule has 3 aromatic rings. The van der Waals surface area contributed by atoms with Crippen LogP contribution in [0.25, 0.3) is 6.08 Å². The maximum Gasteiger partial charge on any atom is 0.316 e. The van der Waals surface area contributed by atoms with Crippen LogP contribution in [-0.2, 0) is 16.6 Å². The zero-order chi connectivity index (χ0) is 22.2. The van der Waals surface area contributed by atoms with Crippen molar-refractivity contribution in [2.45, 2.75) is 39.5 Å². The first kappa shape index (κ1) is 21.1. The number of aryl methyl sites for hydroxylation is 1. The highest BCUT2D eigenvalue weighted by Crippen LogP contribution is 2.37. The van der Waals surface area contributed by atoms with Crippen molar-refractivity contribution in [3.8, 4) is 11.5 Å². The van der Waals surface area contributed by atoms with Gasteiger partial charge in [0.1, 0.15) is 11.5 Å². The van der Waals surface area contributed by atoms with E-state index in [2.05, 4.69) is 32.9 Å². The molecular weight excluding hydrogens is 408 g/mol. The number of benzene rings is 2. The lowest BCUT2D eigenvalue weighted by Crippen LogP contribution is -2.10. The number of Topliss-reactive ketones (excluding diaryl/α,β-unsaturated/α-hetero) is 1. The summed E-state index contributed by atoms with van der Waals surface area (Å²) in [5.74, 6) is 0.552. The molecule has 2 heterocycles. The Hall–Kier alpha value is -3.18. The molecule has 0 amide bonds. The van der Waals surface area contributed by atoms with E-state index in [4.69, 9.17) is 9.47 Å². The second kappa shape index (κ2) is 8.16. The summed E-state index contributed by atoms with van der Waals surface area (Å²) >= 11 is 1.51. The van der Waals surface area contributed by atoms with Crippen molar-refractivity contribution in [2.75, 3.05) is 0 Å². The minimum atomic E-state index is -0.346. The van der Waals surface area contributed by atoms with E-state index < -0.39 is 0 Å². The molecule has 158 valence electrons. The van der Waals surface area contributed by atoms with Crippen LogP contribution in [0.1, 0.15) is 52.7 Å². The standard InChI is InChI=1S/C26H24O4S/c1-16-12-19(29-23(27)15-20-6-5-11-31-20)14-21-24(16)25(28)22(30-21)13-17-7-9-18(10-8-17)26(2,3)4/h5-14H,15H2,1-4H3/b22-13-. The third kappa shape index (κ3) is 4.62. The molecule has 4 nitrogen and oxygen atoms in total. The number of ketones is 1. The Labute approximate surface area is 186 Å². The second-order valence-electron chi connectivity index (χ2n) is 8.66. The van der Waals surface area contributed by atoms with E-state index in [1.165, 1.54) is 16.9 Å². The fourth-order valence-corrected chi connectivity index (χ4v) is 4.18. The highest BCUT2D eigenvalue weighted by atomic mass is 32.1. The first-order valence-corrected chi connectivity index (χ1v) is 11.0. The van der Waals surface area contributed by atoms with Crippen LogP contribution in [0.3, 0.4) is 0 Å². The van der Waals surface area contributed by atoms with Crippen LogP contribution >= 0.6 is 11.3 Å². The van der Waals surface area contributed by atoms with Gasteiger partial charge in [-0.1, -0.05) is 51.1 Å². The number of allylic oxidation sites excluding steroid dienone is 1. The van der Waals surface area contributed by atoms with Crippen LogP contribution in [0.15, 0.2) is 59.7 Å². The molecule has 1 aromatic heterocycles. The minimum absolute atomic E-state index is 0.0655. The van der Waals surface area contributed by atoms with Gasteiger partial charge in [0.2, 0.25) is 5.78 Å². The molecule has 0 saturated heterocycles. The first-order chi connectivity index (χ1) is 14.7. The molecule has 0 bridgehead atoms. The smallest absolute Gasteiger partial charge is 0.316 e. The summed E-state index contributed by atoms with van der Waals surface area (Å²) in [5, 5.41) is 1.92. The quantitative estimate of drug-likeness (QED) is 0.283. The molecule has 0 fully saturated rings. The van der Waals surface area contributed by atoms with Crippen LogP contribution in [-0.4, -0.2) is 11.8 Å². The number of rotatable bonds is 4. The average Bonchev–Trinajstić information content (AvgIpc) is 3.29. The second-order valence-corrected chi connectivity index (χ2v) is 9.69. The molecule has 0 radical (unpaired) electrons. The highest BCUT2D eigenvalue weighted by molar-refractivity contribution is 7.10. The van der Waals surface area contributed by atoms with Gasteiger partial charge in [-0.2, -0.15) is 0 Å². The number of carbonyl (C=O) groups excluding carboxylic acids is 2. The zero-order valence-corrected chi connectivity index (χ0v) is 18.8. The molecule has 31 heavy (non-hydrogen) atoms. The van der Waals surface area contributed by atoms with E-state index in [1.807, 2.05) is 36.6 Å². The first-order valence-electron chi connectivity index (χ1n) is 10.1. The lowest BCUT2D eigenvalue weighted by atomic mass is 9.86. The Kier molecular flexibility index (Phi) is 5.54. The largest absolute Gasteiger partial charge is 0.452 e. The molecule has 0 unspecified atom stereocenters. The Morgan fingerprint density at radius 1 is 1.13 bits per heavy atom. The van der Waals surface area contributed by atoms with Gasteiger partial charge in [0.25, 0.3) is 0 Å². The summed E-state index contributed by atoms with van der Waals surface area (Å²) in [6.07, 6.45) is 1.96. The van der Waals surface area contributed by atoms with Gasteiger partial charge in [0, 0.05) is 10.9 Å². The van der Waals surface area contributed by atoms with Gasteiger partial charge in [-0.3, -0.25) is 9.59 Å². The van der Waals surface area contributed by atoms with Gasteiger partial charge in [-0.25, -0.2) is 0 Å². The van der Waals surface area contributed by atoms with Gasteiger partial charge in [0.05, 0.1) is 12.0 Å². The number of ether oxygens (including phenoxy) is 2. The molecule has 4 rings (SSSR count). The number of hydrogen-bond donors (Lipinski definition) is 0. The van der Waals surface area contributed by atoms with Crippen LogP contribution in [0.5, 0.6) is 11.5 Å². The van der Waals surface area contributed by atoms with E-state index in [-0.39, 0.29) is 29.3 Å². The summed E-state index contributed by atoms with van der Waals surface area (Å²) in [6.45, 7) is 8.30. The summed E-state index contributed by atoms with van der Waals surface area (Å²) < 4.78 is 11.3. The monoisotopic (exact) mass is 432 g/mol. The SMILES string of the molecule is Cc1cc(OC(=O)Cc2cccs2)cc2c1C(=O)/C(=C/c1ccc(C(C)(C)C)cc1)O2. The molecular formula is C26H24O4S. The van der Waals surface area contributed by atoms with Crippen molar-refractivity contribution in [3.63, 3.8) is 0 Å². The molecule has 1 aliphatic rings. The molecule has 2 aromatic carbocycles. The summed E-state index contributed by atoms with van der Waals surface area (Å²) in [4.78, 5) is 26.1. The van der Waals surface area contributed by atoms with Crippen molar-refractivity contribution >= 4 is 29.2 Å². The minimum Gasteiger partial charge on any atom is -0.452 e. The third-order valence-corrected chi connectivity index (χ3v) is 6.02. The van der Waals surface area contributed by atoms with E-state index in [0.29, 0.717) is 22.6 Å². The molecule has 0 saturated carbocycles. The van der Waals surface area contributed by atoms with Crippen molar-refractivity contribution in [1.82, 2.24) is 0 Å². The number of hydrogen-bond acceptors (Lipinski definition) is 5. The summed E-state index contributed by atoms with van der Waals surface area (Å²) in [6, 6.07) is 15.2. The molecule has 0 N–H and O–H groups in total. The fraction of sp³-hybridized carbons (Fsp3) is 0.231. The normalized spacial score (nSPS) is 14.5. The van der Waals surface area contributed by atoms with E-state index in [9.17, 15) is 9.59 Å². The Morgan fingerprint density at radius 2 is 1.87 bits per heavy atom. The van der Waals surface area contributed by atoms with Crippen molar-refractivity contribution in [1.29, 1.82) is 0 Å². The number of esters is 1. The summed E-state index contributed by atoms with van der Waals surface area (Å²) in [5.41, 5.74) is 3.41.